The fraction of sp³-hybridized carbons (Fsp3) is 0.281. The Morgan fingerprint density at radius 1 is 1.11 bits per heavy atom. The highest BCUT2D eigenvalue weighted by atomic mass is 35.5. The van der Waals surface area contributed by atoms with Crippen molar-refractivity contribution >= 4 is 47.0 Å². The van der Waals surface area contributed by atoms with Crippen LogP contribution in [0.5, 0.6) is 0 Å². The molecule has 0 spiro atoms. The molecule has 2 aromatic heterocycles. The fourth-order valence-corrected chi connectivity index (χ4v) is 5.36. The van der Waals surface area contributed by atoms with Crippen LogP contribution in [0.15, 0.2) is 67.3 Å². The number of amides is 2. The average molecular weight is 645 g/mol. The molecule has 0 unspecified atom stereocenters. The van der Waals surface area contributed by atoms with Gasteiger partial charge in [0.1, 0.15) is 12.4 Å². The van der Waals surface area contributed by atoms with Crippen molar-refractivity contribution in [1.82, 2.24) is 30.5 Å². The van der Waals surface area contributed by atoms with Crippen LogP contribution in [0.2, 0.25) is 5.02 Å². The SMILES string of the molecule is CCOC(=O)[C@H]1CCCC[C@H](NC(=O)/C=C/c2cc(Cl)ccc2-n2cnnn2)c2cncc(c2)-c2ccc(NC(=O)OC)cc2N1. The van der Waals surface area contributed by atoms with Gasteiger partial charge in [-0.05, 0) is 78.2 Å². The number of carbonyl (C=O) groups excluding carboxylic acids is 3. The van der Waals surface area contributed by atoms with Crippen molar-refractivity contribution in [3.05, 3.63) is 83.4 Å². The standard InChI is InChI=1S/C32H33ClN8O5/c1-3-46-31(43)27-7-5-4-6-26(38-30(42)13-8-20-15-23(33)9-12-29(20)41-19-35-39-40-41)22-14-21(17-34-18-22)25-11-10-24(16-28(25)37-27)36-32(44)45-2/h8-19,26-27,37H,3-7H2,1-2H3,(H,36,44)(H,38,42)/b13-8+/t26-,27+/m0/s1. The Kier molecular flexibility index (Phi) is 10.6. The first-order valence-corrected chi connectivity index (χ1v) is 15.1. The molecule has 0 saturated heterocycles. The van der Waals surface area contributed by atoms with E-state index in [2.05, 4.69) is 36.5 Å². The molecule has 1 aliphatic heterocycles. The highest BCUT2D eigenvalue weighted by Crippen LogP contribution is 2.34. The first kappa shape index (κ1) is 32.1. The summed E-state index contributed by atoms with van der Waals surface area (Å²) in [6.45, 7) is 2.01. The summed E-state index contributed by atoms with van der Waals surface area (Å²) in [5, 5.41) is 20.9. The normalized spacial score (nSPS) is 16.2. The summed E-state index contributed by atoms with van der Waals surface area (Å²) in [5.74, 6) is -0.684. The summed E-state index contributed by atoms with van der Waals surface area (Å²) in [6, 6.07) is 11.5. The van der Waals surface area contributed by atoms with Crippen molar-refractivity contribution < 1.29 is 23.9 Å². The third-order valence-electron chi connectivity index (χ3n) is 7.38. The Bertz CT molecular complexity index is 1730. The van der Waals surface area contributed by atoms with Crippen molar-refractivity contribution in [2.75, 3.05) is 24.4 Å². The number of carbonyl (C=O) groups is 3. The number of halogens is 1. The van der Waals surface area contributed by atoms with Crippen LogP contribution in [0.1, 0.15) is 49.8 Å². The van der Waals surface area contributed by atoms with E-state index in [1.165, 1.54) is 24.2 Å². The number of tetrazole rings is 1. The Balaban J connectivity index is 1.45. The van der Waals surface area contributed by atoms with E-state index in [1.54, 1.807) is 55.7 Å². The zero-order chi connectivity index (χ0) is 32.5. The van der Waals surface area contributed by atoms with Gasteiger partial charge >= 0.3 is 12.1 Å². The smallest absolute Gasteiger partial charge is 0.411 e. The van der Waals surface area contributed by atoms with Crippen LogP contribution in [0.3, 0.4) is 0 Å². The number of nitrogens with zero attached hydrogens (tertiary/aromatic N) is 5. The van der Waals surface area contributed by atoms with Gasteiger partial charge in [0.05, 0.1) is 25.4 Å². The molecule has 13 nitrogen and oxygen atoms in total. The molecular formula is C32H33ClN8O5. The lowest BCUT2D eigenvalue weighted by molar-refractivity contribution is -0.144. The van der Waals surface area contributed by atoms with Gasteiger partial charge in [-0.1, -0.05) is 30.5 Å². The molecule has 4 aromatic rings. The van der Waals surface area contributed by atoms with Crippen molar-refractivity contribution in [1.29, 1.82) is 0 Å². The fourth-order valence-electron chi connectivity index (χ4n) is 5.18. The molecule has 2 bridgehead atoms. The number of fused-ring (bicyclic) bond motifs is 4. The number of ether oxygens (including phenoxy) is 2. The van der Waals surface area contributed by atoms with Gasteiger partial charge in [-0.15, -0.1) is 5.10 Å². The molecule has 1 aliphatic rings. The Hall–Kier alpha value is -5.30. The van der Waals surface area contributed by atoms with Gasteiger partial charge in [-0.2, -0.15) is 4.68 Å². The molecular weight excluding hydrogens is 612 g/mol. The van der Waals surface area contributed by atoms with Crippen LogP contribution in [0, 0.1) is 0 Å². The summed E-state index contributed by atoms with van der Waals surface area (Å²) in [6.07, 6.45) is 9.89. The number of aromatic nitrogens is 5. The maximum Gasteiger partial charge on any atom is 0.411 e. The number of anilines is 2. The summed E-state index contributed by atoms with van der Waals surface area (Å²) >= 11 is 6.24. The Labute approximate surface area is 270 Å². The Morgan fingerprint density at radius 3 is 2.74 bits per heavy atom. The van der Waals surface area contributed by atoms with E-state index in [0.29, 0.717) is 53.3 Å². The predicted octanol–water partition coefficient (Wildman–Crippen LogP) is 5.34. The van der Waals surface area contributed by atoms with E-state index < -0.39 is 12.1 Å². The highest BCUT2D eigenvalue weighted by Gasteiger charge is 2.24. The number of esters is 1. The van der Waals surface area contributed by atoms with E-state index in [9.17, 15) is 14.4 Å². The summed E-state index contributed by atoms with van der Waals surface area (Å²) in [7, 11) is 1.28. The minimum absolute atomic E-state index is 0.244. The third kappa shape index (κ3) is 8.04. The molecule has 0 saturated carbocycles. The van der Waals surface area contributed by atoms with E-state index in [-0.39, 0.29) is 24.5 Å². The lowest BCUT2D eigenvalue weighted by atomic mass is 9.95. The van der Waals surface area contributed by atoms with Crippen LogP contribution in [0.25, 0.3) is 22.9 Å². The lowest BCUT2D eigenvalue weighted by Crippen LogP contribution is -2.32. The van der Waals surface area contributed by atoms with Crippen LogP contribution in [-0.2, 0) is 19.1 Å². The van der Waals surface area contributed by atoms with Gasteiger partial charge < -0.3 is 20.1 Å². The molecule has 3 N–H and O–H groups in total. The zero-order valence-corrected chi connectivity index (χ0v) is 26.0. The van der Waals surface area contributed by atoms with E-state index in [4.69, 9.17) is 21.1 Å². The maximum absolute atomic E-state index is 13.3. The van der Waals surface area contributed by atoms with Gasteiger partial charge in [0.2, 0.25) is 5.91 Å². The predicted molar refractivity (Wildman–Crippen MR) is 172 cm³/mol. The van der Waals surface area contributed by atoms with Gasteiger partial charge in [0, 0.05) is 51.6 Å². The molecule has 5 rings (SSSR count). The first-order valence-electron chi connectivity index (χ1n) is 14.7. The van der Waals surface area contributed by atoms with Gasteiger partial charge in [0.15, 0.2) is 0 Å². The molecule has 46 heavy (non-hydrogen) atoms. The van der Waals surface area contributed by atoms with E-state index in [1.807, 2.05) is 12.1 Å². The molecule has 14 heteroatoms. The maximum atomic E-state index is 13.3. The zero-order valence-electron chi connectivity index (χ0n) is 25.3. The number of methoxy groups -OCH3 is 1. The number of hydrogen-bond donors (Lipinski definition) is 3. The minimum atomic E-state index is -0.634. The van der Waals surface area contributed by atoms with E-state index >= 15 is 0 Å². The van der Waals surface area contributed by atoms with Crippen LogP contribution in [-0.4, -0.2) is 62.9 Å². The number of nitrogens with one attached hydrogen (secondary N) is 3. The highest BCUT2D eigenvalue weighted by molar-refractivity contribution is 6.30. The summed E-state index contributed by atoms with van der Waals surface area (Å²) in [5.41, 5.74) is 4.74. The van der Waals surface area contributed by atoms with Gasteiger partial charge in [0.25, 0.3) is 0 Å². The van der Waals surface area contributed by atoms with E-state index in [0.717, 1.165) is 16.7 Å². The molecule has 3 heterocycles. The number of hydrogen-bond acceptors (Lipinski definition) is 10. The van der Waals surface area contributed by atoms with Crippen LogP contribution >= 0.6 is 11.6 Å². The molecule has 2 atom stereocenters. The first-order chi connectivity index (χ1) is 22.3. The van der Waals surface area contributed by atoms with Crippen molar-refractivity contribution in [3.8, 4) is 16.8 Å². The van der Waals surface area contributed by atoms with Crippen LogP contribution < -0.4 is 16.0 Å². The van der Waals surface area contributed by atoms with Gasteiger partial charge in [-0.25, -0.2) is 9.59 Å². The minimum Gasteiger partial charge on any atom is -0.464 e. The monoisotopic (exact) mass is 644 g/mol. The second-order valence-electron chi connectivity index (χ2n) is 10.5. The van der Waals surface area contributed by atoms with Gasteiger partial charge in [-0.3, -0.25) is 15.1 Å². The average Bonchev–Trinajstić information content (AvgIpc) is 3.59. The molecule has 2 amide bonds. The second kappa shape index (κ2) is 15.1. The largest absolute Gasteiger partial charge is 0.464 e. The van der Waals surface area contributed by atoms with Crippen molar-refractivity contribution in [2.45, 2.75) is 44.7 Å². The molecule has 0 radical (unpaired) electrons. The lowest BCUT2D eigenvalue weighted by Gasteiger charge is -2.24. The quantitative estimate of drug-likeness (QED) is 0.177. The topological polar surface area (TPSA) is 162 Å². The number of pyridine rings is 1. The molecule has 0 fully saturated rings. The third-order valence-corrected chi connectivity index (χ3v) is 7.61. The number of rotatable bonds is 7. The van der Waals surface area contributed by atoms with Crippen molar-refractivity contribution in [2.24, 2.45) is 0 Å². The molecule has 238 valence electrons. The second-order valence-corrected chi connectivity index (χ2v) is 10.9. The molecule has 2 aromatic carbocycles. The molecule has 0 aliphatic carbocycles. The van der Waals surface area contributed by atoms with Crippen LogP contribution in [0.4, 0.5) is 16.2 Å². The van der Waals surface area contributed by atoms with Crippen molar-refractivity contribution in [3.63, 3.8) is 0 Å². The summed E-state index contributed by atoms with van der Waals surface area (Å²) in [4.78, 5) is 42.6. The summed E-state index contributed by atoms with van der Waals surface area (Å²) < 4.78 is 11.6. The Morgan fingerprint density at radius 2 is 1.96 bits per heavy atom. The number of benzene rings is 2.